The van der Waals surface area contributed by atoms with Gasteiger partial charge in [0.2, 0.25) is 0 Å². The Balaban J connectivity index is 1.16. The number of hydrogen-bond donors (Lipinski definition) is 3. The Bertz CT molecular complexity index is 1780. The minimum atomic E-state index is -0.568. The van der Waals surface area contributed by atoms with Gasteiger partial charge in [-0.05, 0) is 36.4 Å². The van der Waals surface area contributed by atoms with Gasteiger partial charge in [0.1, 0.15) is 6.61 Å². The molecule has 202 valence electrons. The lowest BCUT2D eigenvalue weighted by atomic mass is 10.1. The third-order valence-corrected chi connectivity index (χ3v) is 7.13. The molecular weight excluding hydrogens is 512 g/mol. The zero-order valence-corrected chi connectivity index (χ0v) is 21.6. The molecule has 0 bridgehead atoms. The summed E-state index contributed by atoms with van der Waals surface area (Å²) in [5.74, 6) is 0.158. The lowest BCUT2D eigenvalue weighted by molar-refractivity contribution is 0.0749. The topological polar surface area (TPSA) is 133 Å². The first-order valence-corrected chi connectivity index (χ1v) is 12.8. The average Bonchev–Trinajstić information content (AvgIpc) is 3.30. The maximum absolute atomic E-state index is 13.1. The van der Waals surface area contributed by atoms with Crippen LogP contribution in [0.4, 0.5) is 5.69 Å². The second-order valence-corrected chi connectivity index (χ2v) is 9.63. The molecule has 10 heteroatoms. The molecule has 1 fully saturated rings. The van der Waals surface area contributed by atoms with Gasteiger partial charge in [-0.15, -0.1) is 0 Å². The van der Waals surface area contributed by atoms with Crippen molar-refractivity contribution in [1.82, 2.24) is 15.2 Å². The SMILES string of the molecule is COc1cc2c(cc1OCC=CNC(=O)c1cccc3c(=O)c4ccccc4[nH]c13)N=C[C@@H]1C[C@@H](O)CN1C2=O. The number of carbonyl (C=O) groups is 2. The summed E-state index contributed by atoms with van der Waals surface area (Å²) in [5.41, 5.74) is 2.16. The maximum Gasteiger partial charge on any atom is 0.257 e. The monoisotopic (exact) mass is 538 g/mol. The summed E-state index contributed by atoms with van der Waals surface area (Å²) in [6.45, 7) is 0.364. The summed E-state index contributed by atoms with van der Waals surface area (Å²) >= 11 is 0. The minimum Gasteiger partial charge on any atom is -0.493 e. The highest BCUT2D eigenvalue weighted by Crippen LogP contribution is 2.38. The van der Waals surface area contributed by atoms with Gasteiger partial charge in [-0.1, -0.05) is 18.2 Å². The third-order valence-electron chi connectivity index (χ3n) is 7.13. The Kier molecular flexibility index (Phi) is 6.53. The van der Waals surface area contributed by atoms with Crippen molar-refractivity contribution in [3.63, 3.8) is 0 Å². The van der Waals surface area contributed by atoms with Gasteiger partial charge in [-0.25, -0.2) is 0 Å². The molecule has 1 saturated heterocycles. The summed E-state index contributed by atoms with van der Waals surface area (Å²) in [7, 11) is 1.48. The zero-order valence-electron chi connectivity index (χ0n) is 21.6. The van der Waals surface area contributed by atoms with Gasteiger partial charge in [0.25, 0.3) is 11.8 Å². The van der Waals surface area contributed by atoms with Gasteiger partial charge >= 0.3 is 0 Å². The van der Waals surface area contributed by atoms with Gasteiger partial charge in [0.05, 0.1) is 41.6 Å². The fourth-order valence-electron chi connectivity index (χ4n) is 5.17. The number of aromatic amines is 1. The van der Waals surface area contributed by atoms with Crippen LogP contribution in [0.3, 0.4) is 0 Å². The largest absolute Gasteiger partial charge is 0.493 e. The first-order chi connectivity index (χ1) is 19.4. The highest BCUT2D eigenvalue weighted by molar-refractivity contribution is 6.08. The number of nitrogens with one attached hydrogen (secondary N) is 2. The Morgan fingerprint density at radius 2 is 1.98 bits per heavy atom. The molecule has 3 aromatic carbocycles. The standard InChI is InChI=1S/C30H26N4O6/c1-39-25-13-22-24(32-15-17-12-18(35)16-34(17)30(22)38)14-26(25)40-11-5-10-31-29(37)21-8-4-7-20-27(21)33-23-9-3-2-6-19(23)28(20)36/h2-10,13-15,17-18,35H,11-12,16H2,1H3,(H,31,37)(H,33,36)/t17-,18+/m0/s1. The number of aliphatic hydroxyl groups excluding tert-OH is 1. The zero-order chi connectivity index (χ0) is 27.8. The van der Waals surface area contributed by atoms with Crippen LogP contribution >= 0.6 is 0 Å². The number of aliphatic imine (C=N–C) groups is 1. The number of benzene rings is 3. The number of carbonyl (C=O) groups excluding carboxylic acids is 2. The number of fused-ring (bicyclic) bond motifs is 4. The molecule has 0 radical (unpaired) electrons. The van der Waals surface area contributed by atoms with Crippen LogP contribution in [0.1, 0.15) is 27.1 Å². The van der Waals surface area contributed by atoms with E-state index in [1.54, 1.807) is 65.7 Å². The van der Waals surface area contributed by atoms with Crippen molar-refractivity contribution >= 4 is 45.5 Å². The lowest BCUT2D eigenvalue weighted by Crippen LogP contribution is -2.35. The fraction of sp³-hybridized carbons (Fsp3) is 0.200. The van der Waals surface area contributed by atoms with Crippen LogP contribution in [0.25, 0.3) is 21.8 Å². The van der Waals surface area contributed by atoms with Gasteiger partial charge in [0, 0.05) is 47.7 Å². The van der Waals surface area contributed by atoms with Crippen molar-refractivity contribution in [3.8, 4) is 11.5 Å². The van der Waals surface area contributed by atoms with Gasteiger partial charge in [-0.3, -0.25) is 19.4 Å². The predicted octanol–water partition coefficient (Wildman–Crippen LogP) is 3.30. The van der Waals surface area contributed by atoms with Crippen molar-refractivity contribution in [2.45, 2.75) is 18.6 Å². The van der Waals surface area contributed by atoms with Crippen molar-refractivity contribution in [3.05, 3.63) is 88.2 Å². The van der Waals surface area contributed by atoms with E-state index < -0.39 is 6.10 Å². The number of aliphatic hydroxyl groups is 1. The van der Waals surface area contributed by atoms with E-state index >= 15 is 0 Å². The van der Waals surface area contributed by atoms with E-state index in [0.717, 1.165) is 0 Å². The van der Waals surface area contributed by atoms with Crippen LogP contribution in [0.2, 0.25) is 0 Å². The summed E-state index contributed by atoms with van der Waals surface area (Å²) < 4.78 is 11.3. The molecule has 0 spiro atoms. The molecule has 2 amide bonds. The van der Waals surface area contributed by atoms with Crippen LogP contribution < -0.4 is 20.2 Å². The summed E-state index contributed by atoms with van der Waals surface area (Å²) in [4.78, 5) is 48.2. The van der Waals surface area contributed by atoms with Crippen molar-refractivity contribution in [1.29, 1.82) is 0 Å². The highest BCUT2D eigenvalue weighted by Gasteiger charge is 2.36. The number of methoxy groups -OCH3 is 1. The number of pyridine rings is 1. The number of para-hydroxylation sites is 2. The Hall–Kier alpha value is -4.96. The second-order valence-electron chi connectivity index (χ2n) is 9.63. The van der Waals surface area contributed by atoms with E-state index in [9.17, 15) is 19.5 Å². The second kappa shape index (κ2) is 10.3. The minimum absolute atomic E-state index is 0.102. The van der Waals surface area contributed by atoms with Crippen molar-refractivity contribution in [2.75, 3.05) is 20.3 Å². The molecule has 2 aliphatic rings. The molecule has 1 aromatic heterocycles. The number of hydrogen-bond acceptors (Lipinski definition) is 7. The van der Waals surface area contributed by atoms with E-state index in [2.05, 4.69) is 15.3 Å². The lowest BCUT2D eigenvalue weighted by Gasteiger charge is -2.20. The van der Waals surface area contributed by atoms with Crippen LogP contribution in [0.5, 0.6) is 11.5 Å². The van der Waals surface area contributed by atoms with Gasteiger partial charge in [0.15, 0.2) is 16.9 Å². The van der Waals surface area contributed by atoms with E-state index in [1.165, 1.54) is 13.3 Å². The molecule has 3 heterocycles. The van der Waals surface area contributed by atoms with Crippen LogP contribution in [-0.2, 0) is 0 Å². The van der Waals surface area contributed by atoms with Crippen molar-refractivity contribution < 1.29 is 24.2 Å². The summed E-state index contributed by atoms with van der Waals surface area (Å²) in [6, 6.07) is 15.2. The first-order valence-electron chi connectivity index (χ1n) is 12.8. The Morgan fingerprint density at radius 3 is 2.83 bits per heavy atom. The van der Waals surface area contributed by atoms with Crippen LogP contribution in [0, 0.1) is 0 Å². The molecule has 3 N–H and O–H groups in total. The van der Waals surface area contributed by atoms with Gasteiger partial charge in [-0.2, -0.15) is 0 Å². The number of ether oxygens (including phenoxy) is 2. The molecular formula is C30H26N4O6. The summed E-state index contributed by atoms with van der Waals surface area (Å²) in [5, 5.41) is 13.7. The van der Waals surface area contributed by atoms with E-state index in [0.29, 0.717) is 56.5 Å². The first kappa shape index (κ1) is 25.3. The number of rotatable bonds is 6. The predicted molar refractivity (Wildman–Crippen MR) is 151 cm³/mol. The molecule has 40 heavy (non-hydrogen) atoms. The number of aromatic nitrogens is 1. The third kappa shape index (κ3) is 4.48. The fourth-order valence-corrected chi connectivity index (χ4v) is 5.17. The molecule has 4 aromatic rings. The van der Waals surface area contributed by atoms with Crippen molar-refractivity contribution in [2.24, 2.45) is 4.99 Å². The number of amides is 2. The average molecular weight is 539 g/mol. The normalized spacial score (nSPS) is 18.1. The quantitative estimate of drug-likeness (QED) is 0.323. The van der Waals surface area contributed by atoms with E-state index in [-0.39, 0.29) is 36.4 Å². The number of nitrogens with zero attached hydrogens (tertiary/aromatic N) is 2. The molecule has 0 saturated carbocycles. The molecule has 6 rings (SSSR count). The van der Waals surface area contributed by atoms with E-state index in [1.807, 2.05) is 6.07 Å². The van der Waals surface area contributed by atoms with E-state index in [4.69, 9.17) is 9.47 Å². The Morgan fingerprint density at radius 1 is 1.15 bits per heavy atom. The number of H-pyrrole nitrogens is 1. The van der Waals surface area contributed by atoms with Gasteiger partial charge < -0.3 is 29.8 Å². The molecule has 2 atom stereocenters. The highest BCUT2D eigenvalue weighted by atomic mass is 16.5. The molecule has 2 aliphatic heterocycles. The Labute approximate surface area is 228 Å². The molecule has 0 unspecified atom stereocenters. The van der Waals surface area contributed by atoms with Crippen LogP contribution in [0.15, 0.2) is 76.7 Å². The van der Waals surface area contributed by atoms with Crippen LogP contribution in [-0.4, -0.2) is 65.4 Å². The maximum atomic E-state index is 13.1. The molecule has 10 nitrogen and oxygen atoms in total. The summed E-state index contributed by atoms with van der Waals surface area (Å²) in [6.07, 6.45) is 4.65. The smallest absolute Gasteiger partial charge is 0.257 e. The molecule has 0 aliphatic carbocycles.